The van der Waals surface area contributed by atoms with Gasteiger partial charge in [0.05, 0.1) is 17.9 Å². The molecule has 172 valence electrons. The number of hydrogen-bond donors (Lipinski definition) is 2. The molecule has 7 nitrogen and oxygen atoms in total. The Bertz CT molecular complexity index is 1050. The lowest BCUT2D eigenvalue weighted by atomic mass is 9.74. The van der Waals surface area contributed by atoms with Crippen LogP contribution in [0.25, 0.3) is 11.1 Å². The predicted octanol–water partition coefficient (Wildman–Crippen LogP) is 3.77. The lowest BCUT2D eigenvalue weighted by Crippen LogP contribution is -2.56. The number of carboxylic acid groups (broad SMARTS) is 1. The van der Waals surface area contributed by atoms with E-state index in [0.29, 0.717) is 13.0 Å². The fourth-order valence-electron chi connectivity index (χ4n) is 5.39. The number of carbonyl (C=O) groups excluding carboxylic acids is 2. The minimum Gasteiger partial charge on any atom is -0.481 e. The predicted molar refractivity (Wildman–Crippen MR) is 122 cm³/mol. The van der Waals surface area contributed by atoms with Crippen LogP contribution in [0.15, 0.2) is 48.5 Å². The number of hydrogen-bond acceptors (Lipinski definition) is 4. The van der Waals surface area contributed by atoms with Crippen LogP contribution in [0.2, 0.25) is 0 Å². The SMILES string of the molecule is O=C(NC1(CC(=O)N2CCC(C(=O)O)C2)CCC1)OCC1c2ccccc2-c2ccccc21. The molecular weight excluding hydrogens is 420 g/mol. The Morgan fingerprint density at radius 1 is 1.03 bits per heavy atom. The third-order valence-corrected chi connectivity index (χ3v) is 7.40. The Balaban J connectivity index is 1.20. The standard InChI is InChI=1S/C26H28N2O5/c29-23(28-13-10-17(15-28)24(30)31)14-26(11-5-12-26)27-25(32)33-16-22-20-8-3-1-6-18(20)19-7-2-4-9-21(19)22/h1-4,6-9,17,22H,5,10-16H2,(H,27,32)(H,30,31). The maximum absolute atomic E-state index is 12.8. The average molecular weight is 449 g/mol. The van der Waals surface area contributed by atoms with E-state index in [-0.39, 0.29) is 31.4 Å². The highest BCUT2D eigenvalue weighted by atomic mass is 16.5. The van der Waals surface area contributed by atoms with E-state index < -0.39 is 23.5 Å². The first-order chi connectivity index (χ1) is 16.0. The largest absolute Gasteiger partial charge is 0.481 e. The van der Waals surface area contributed by atoms with E-state index in [1.54, 1.807) is 4.90 Å². The number of rotatable bonds is 6. The molecule has 1 atom stereocenters. The van der Waals surface area contributed by atoms with E-state index in [1.807, 2.05) is 24.3 Å². The van der Waals surface area contributed by atoms with E-state index in [1.165, 1.54) is 11.1 Å². The number of nitrogens with zero attached hydrogens (tertiary/aromatic N) is 1. The quantitative estimate of drug-likeness (QED) is 0.701. The van der Waals surface area contributed by atoms with Gasteiger partial charge < -0.3 is 20.1 Å². The Labute approximate surface area is 192 Å². The summed E-state index contributed by atoms with van der Waals surface area (Å²) in [6.07, 6.45) is 2.54. The molecule has 5 rings (SSSR count). The van der Waals surface area contributed by atoms with E-state index in [4.69, 9.17) is 4.74 Å². The number of nitrogens with one attached hydrogen (secondary N) is 1. The molecule has 2 amide bonds. The first kappa shape index (κ1) is 21.5. The summed E-state index contributed by atoms with van der Waals surface area (Å²) in [6.45, 7) is 0.933. The zero-order valence-electron chi connectivity index (χ0n) is 18.5. The Hall–Kier alpha value is -3.35. The van der Waals surface area contributed by atoms with E-state index in [9.17, 15) is 19.5 Å². The fraction of sp³-hybridized carbons (Fsp3) is 0.423. The van der Waals surface area contributed by atoms with Crippen LogP contribution in [0.4, 0.5) is 4.79 Å². The summed E-state index contributed by atoms with van der Waals surface area (Å²) in [4.78, 5) is 38.3. The van der Waals surface area contributed by atoms with Crippen molar-refractivity contribution in [2.45, 2.75) is 43.6 Å². The van der Waals surface area contributed by atoms with Crippen LogP contribution in [0, 0.1) is 5.92 Å². The number of likely N-dealkylation sites (tertiary alicyclic amines) is 1. The van der Waals surface area contributed by atoms with Gasteiger partial charge in [0.1, 0.15) is 6.61 Å². The summed E-state index contributed by atoms with van der Waals surface area (Å²) in [5, 5.41) is 12.1. The molecule has 0 radical (unpaired) electrons. The smallest absolute Gasteiger partial charge is 0.407 e. The lowest BCUT2D eigenvalue weighted by Gasteiger charge is -2.42. The highest BCUT2D eigenvalue weighted by molar-refractivity contribution is 5.81. The van der Waals surface area contributed by atoms with Gasteiger partial charge in [0, 0.05) is 19.0 Å². The molecule has 1 aliphatic heterocycles. The van der Waals surface area contributed by atoms with Crippen molar-refractivity contribution in [1.29, 1.82) is 0 Å². The molecule has 7 heteroatoms. The minimum absolute atomic E-state index is 0.0142. The van der Waals surface area contributed by atoms with Crippen molar-refractivity contribution in [2.75, 3.05) is 19.7 Å². The molecule has 2 aromatic carbocycles. The summed E-state index contributed by atoms with van der Waals surface area (Å²) in [7, 11) is 0. The zero-order valence-corrected chi connectivity index (χ0v) is 18.5. The normalized spacial score (nSPS) is 20.5. The molecular formula is C26H28N2O5. The molecule has 1 heterocycles. The van der Waals surface area contributed by atoms with Crippen molar-refractivity contribution in [1.82, 2.24) is 10.2 Å². The van der Waals surface area contributed by atoms with E-state index in [2.05, 4.69) is 29.6 Å². The average Bonchev–Trinajstić information content (AvgIpc) is 3.40. The van der Waals surface area contributed by atoms with Gasteiger partial charge in [-0.3, -0.25) is 9.59 Å². The summed E-state index contributed by atoms with van der Waals surface area (Å²) < 4.78 is 5.67. The molecule has 3 aliphatic rings. The molecule has 2 aromatic rings. The van der Waals surface area contributed by atoms with Crippen molar-refractivity contribution in [3.05, 3.63) is 59.7 Å². The minimum atomic E-state index is -0.861. The Morgan fingerprint density at radius 2 is 1.67 bits per heavy atom. The molecule has 0 spiro atoms. The first-order valence-electron chi connectivity index (χ1n) is 11.6. The Kier molecular flexibility index (Phi) is 5.56. The summed E-state index contributed by atoms with van der Waals surface area (Å²) in [5.74, 6) is -1.47. The molecule has 2 fully saturated rings. The van der Waals surface area contributed by atoms with Crippen LogP contribution < -0.4 is 5.32 Å². The number of amides is 2. The van der Waals surface area contributed by atoms with Crippen LogP contribution in [0.3, 0.4) is 0 Å². The monoisotopic (exact) mass is 448 g/mol. The van der Waals surface area contributed by atoms with Gasteiger partial charge in [0.25, 0.3) is 0 Å². The molecule has 0 aromatic heterocycles. The number of carboxylic acids is 1. The van der Waals surface area contributed by atoms with Crippen molar-refractivity contribution in [2.24, 2.45) is 5.92 Å². The lowest BCUT2D eigenvalue weighted by molar-refractivity contribution is -0.141. The number of alkyl carbamates (subject to hydrolysis) is 1. The number of fused-ring (bicyclic) bond motifs is 3. The van der Waals surface area contributed by atoms with Crippen molar-refractivity contribution >= 4 is 18.0 Å². The zero-order chi connectivity index (χ0) is 23.0. The van der Waals surface area contributed by atoms with Gasteiger partial charge in [-0.15, -0.1) is 0 Å². The summed E-state index contributed by atoms with van der Waals surface area (Å²) >= 11 is 0. The van der Waals surface area contributed by atoms with Crippen molar-refractivity contribution in [3.8, 4) is 11.1 Å². The molecule has 1 saturated heterocycles. The van der Waals surface area contributed by atoms with Crippen LogP contribution in [-0.4, -0.2) is 53.2 Å². The molecule has 33 heavy (non-hydrogen) atoms. The summed E-state index contributed by atoms with van der Waals surface area (Å²) in [6, 6.07) is 16.4. The second kappa shape index (κ2) is 8.54. The van der Waals surface area contributed by atoms with Crippen LogP contribution in [0.1, 0.15) is 49.1 Å². The van der Waals surface area contributed by atoms with E-state index in [0.717, 1.165) is 30.4 Å². The fourth-order valence-corrected chi connectivity index (χ4v) is 5.39. The van der Waals surface area contributed by atoms with Gasteiger partial charge in [-0.25, -0.2) is 4.79 Å². The Morgan fingerprint density at radius 3 is 2.21 bits per heavy atom. The number of aliphatic carboxylic acids is 1. The molecule has 0 bridgehead atoms. The topological polar surface area (TPSA) is 95.9 Å². The van der Waals surface area contributed by atoms with Crippen LogP contribution >= 0.6 is 0 Å². The summed E-state index contributed by atoms with van der Waals surface area (Å²) in [5.41, 5.74) is 4.06. The molecule has 2 aliphatic carbocycles. The van der Waals surface area contributed by atoms with Crippen molar-refractivity contribution < 1.29 is 24.2 Å². The third kappa shape index (κ3) is 4.08. The van der Waals surface area contributed by atoms with Crippen molar-refractivity contribution in [3.63, 3.8) is 0 Å². The number of benzene rings is 2. The van der Waals surface area contributed by atoms with Crippen LogP contribution in [0.5, 0.6) is 0 Å². The van der Waals surface area contributed by atoms with Crippen LogP contribution in [-0.2, 0) is 14.3 Å². The molecule has 1 unspecified atom stereocenters. The third-order valence-electron chi connectivity index (χ3n) is 7.40. The second-order valence-corrected chi connectivity index (χ2v) is 9.42. The van der Waals surface area contributed by atoms with Gasteiger partial charge in [-0.2, -0.15) is 0 Å². The maximum atomic E-state index is 12.8. The molecule has 2 N–H and O–H groups in total. The van der Waals surface area contributed by atoms with E-state index >= 15 is 0 Å². The van der Waals surface area contributed by atoms with Gasteiger partial charge in [0.15, 0.2) is 0 Å². The van der Waals surface area contributed by atoms with Gasteiger partial charge in [-0.1, -0.05) is 48.5 Å². The highest BCUT2D eigenvalue weighted by Gasteiger charge is 2.43. The van der Waals surface area contributed by atoms with Gasteiger partial charge in [0.2, 0.25) is 5.91 Å². The number of ether oxygens (including phenoxy) is 1. The maximum Gasteiger partial charge on any atom is 0.407 e. The van der Waals surface area contributed by atoms with Gasteiger partial charge in [-0.05, 0) is 47.9 Å². The second-order valence-electron chi connectivity index (χ2n) is 9.42. The number of carbonyl (C=O) groups is 3. The highest BCUT2D eigenvalue weighted by Crippen LogP contribution is 2.44. The van der Waals surface area contributed by atoms with Gasteiger partial charge >= 0.3 is 12.1 Å². The first-order valence-corrected chi connectivity index (χ1v) is 11.6. The molecule has 1 saturated carbocycles.